The summed E-state index contributed by atoms with van der Waals surface area (Å²) < 4.78 is 49.9. The zero-order valence-corrected chi connectivity index (χ0v) is 69.6. The molecule has 0 aliphatic carbocycles. The van der Waals surface area contributed by atoms with Crippen molar-refractivity contribution in [3.05, 3.63) is 86.1 Å². The van der Waals surface area contributed by atoms with Crippen LogP contribution in [0.25, 0.3) is 0 Å². The average Bonchev–Trinajstić information content (AvgIpc) is 4.17. The van der Waals surface area contributed by atoms with E-state index in [4.69, 9.17) is 89.7 Å². The van der Waals surface area contributed by atoms with Crippen molar-refractivity contribution in [2.45, 2.75) is 192 Å². The Morgan fingerprint density at radius 2 is 0.825 bits per heavy atom. The molecular formula is C56H96B6N2O9SY6-12. The van der Waals surface area contributed by atoms with Crippen LogP contribution in [0.15, 0.2) is 0 Å². The third-order valence-corrected chi connectivity index (χ3v) is 19.0. The Bertz CT molecular complexity index is 1550. The van der Waals surface area contributed by atoms with Crippen LogP contribution in [0.4, 0.5) is 0 Å². The summed E-state index contributed by atoms with van der Waals surface area (Å²) in [4.78, 5) is 2.27. The van der Waals surface area contributed by atoms with Crippen LogP contribution in [0.1, 0.15) is 86.5 Å². The van der Waals surface area contributed by atoms with Gasteiger partial charge >= 0.3 is 0 Å². The van der Waals surface area contributed by atoms with Crippen LogP contribution >= 0.6 is 11.8 Å². The van der Waals surface area contributed by atoms with E-state index in [9.17, 15) is 0 Å². The third-order valence-electron chi connectivity index (χ3n) is 17.4. The third kappa shape index (κ3) is 20.0. The number of nitrogens with zero attached hydrogens (tertiary/aromatic N) is 1. The van der Waals surface area contributed by atoms with E-state index in [2.05, 4.69) is 100 Å². The number of morpholine rings is 2. The van der Waals surface area contributed by atoms with E-state index in [-0.39, 0.29) is 329 Å². The minimum atomic E-state index is -0.348. The minimum absolute atomic E-state index is 0. The maximum atomic E-state index is 5.86. The van der Waals surface area contributed by atoms with Gasteiger partial charge in [-0.3, -0.25) is 0 Å². The largest absolute Gasteiger partial charge is 0.411 e. The van der Waals surface area contributed by atoms with Gasteiger partial charge in [0.05, 0.1) is 18.3 Å². The van der Waals surface area contributed by atoms with Crippen molar-refractivity contribution < 1.29 is 239 Å². The van der Waals surface area contributed by atoms with Gasteiger partial charge in [-0.25, -0.2) is 0 Å². The number of likely N-dealkylation sites (N-methyl/N-ethyl adjacent to an activating group) is 1. The van der Waals surface area contributed by atoms with Crippen molar-refractivity contribution in [2.75, 3.05) is 45.7 Å². The quantitative estimate of drug-likeness (QED) is 0.238. The zero-order chi connectivity index (χ0) is 49.9. The molecule has 438 valence electrons. The molecule has 12 fully saturated rings. The summed E-state index contributed by atoms with van der Waals surface area (Å²) >= 11 is 1.92. The Balaban J connectivity index is -0.000000199. The predicted octanol–water partition coefficient (Wildman–Crippen LogP) is 6.34. The Morgan fingerprint density at radius 1 is 0.450 bits per heavy atom. The monoisotopic (exact) mass is 1570 g/mol. The molecule has 12 rings (SSSR count). The molecule has 0 amide bonds. The van der Waals surface area contributed by atoms with Gasteiger partial charge in [0.1, 0.15) is 47.1 Å². The Labute approximate surface area is 656 Å². The molecule has 0 aromatic carbocycles. The molecule has 0 aromatic heterocycles. The van der Waals surface area contributed by atoms with Crippen molar-refractivity contribution in [1.29, 1.82) is 0 Å². The molecule has 24 atom stereocenters. The van der Waals surface area contributed by atoms with Crippen molar-refractivity contribution in [2.24, 2.45) is 35.5 Å². The minimum Gasteiger partial charge on any atom is -0.411 e. The van der Waals surface area contributed by atoms with Gasteiger partial charge in [0.15, 0.2) is 0 Å². The molecule has 0 spiro atoms. The molecule has 1 N–H and O–H groups in total. The number of ether oxygens (including phenoxy) is 9. The van der Waals surface area contributed by atoms with E-state index < -0.39 is 0 Å². The fourth-order valence-electron chi connectivity index (χ4n) is 14.0. The fraction of sp³-hybridized carbons (Fsp3) is 0.786. The topological polar surface area (TPSA) is 98.3 Å². The maximum absolute atomic E-state index is 5.86. The standard InChI is InChI=1S/C9H15BNO.C9H14BO2.C8H13BNO.2C8H12BO2.C8H12BOS.6CH3.6Y/c1-4-6-7-8(10)12-9(6,2)5-11(7)3;1-3-6-7-8(10)12-9(6,2)4-5-11-7;3*1-3-5-6-7(9)11-8(5,2)4-10-6;1-3-5-6-7(9)10-8(5,2)4-11-6;;;;;;;;;;;;/h6-8H,2,4-5H2,1,3H3;6-8H,2-5H2,1H3;5-7,10H,2-4H2,1H3;3*5-7H,2-4H2,1H3;6*1H3;;;;;;/q12*-1;;;;;;/t2*6-,7+,8-,9+;2*5-,6+,7-,8+;5-,6-,7-,8-;5-,6+,7-,8+;;;;;;;;;;;;/m111111............/s1. The molecule has 24 heteroatoms. The molecule has 12 aliphatic rings. The molecule has 80 heavy (non-hydrogen) atoms. The van der Waals surface area contributed by atoms with Gasteiger partial charge in [-0.05, 0) is 101 Å². The number of nitrogens with one attached hydrogen (secondary N) is 1. The summed E-state index contributed by atoms with van der Waals surface area (Å²) in [7, 11) is 36.6. The van der Waals surface area contributed by atoms with Gasteiger partial charge in [0.25, 0.3) is 0 Å². The second kappa shape index (κ2) is 40.4. The van der Waals surface area contributed by atoms with Crippen molar-refractivity contribution in [1.82, 2.24) is 10.2 Å². The fourth-order valence-corrected chi connectivity index (χ4v) is 15.7. The number of thioether (sulfide) groups is 1. The van der Waals surface area contributed by atoms with Gasteiger partial charge in [0, 0.05) is 269 Å². The Kier molecular flexibility index (Phi) is 49.4. The van der Waals surface area contributed by atoms with Crippen LogP contribution < -0.4 is 5.32 Å². The second-order valence-corrected chi connectivity index (χ2v) is 22.9. The van der Waals surface area contributed by atoms with E-state index in [0.29, 0.717) is 66.1 Å². The van der Waals surface area contributed by atoms with Gasteiger partial charge in [-0.2, -0.15) is 11.8 Å². The second-order valence-electron chi connectivity index (χ2n) is 21.7. The first kappa shape index (κ1) is 98.0. The van der Waals surface area contributed by atoms with Crippen molar-refractivity contribution >= 4 is 58.8 Å². The van der Waals surface area contributed by atoms with Gasteiger partial charge in [-0.1, -0.05) is 80.1 Å². The molecule has 12 bridgehead atoms. The van der Waals surface area contributed by atoms with E-state index >= 15 is 0 Å². The SMILES string of the molecule is [B][C@@H]1O[C@@]2([CH2-])CCO[C@H]1[C@H]2CC.[B][C@@H]1O[C@@]2([CH2-])CN(C)[C@H]1[C@H]2CC.[B][C@@H]1O[C@@]2([CH2-])CN[C@H]1[C@H]2CC.[B][C@@H]1O[C@@]2([CH2-])CO[C@H]1[C@H]2CC.[B][C@@H]1O[C@@]2([CH2-])CS[C@H]1[C@H]2CC.[B][C@@H]1O[C@]2([CH2-])CO[C@@H]1[C@H]2CC.[CH3-].[CH3-].[CH3-].[CH3-].[CH3-].[CH3-].[Y].[Y].[Y].[Y].[Y].[Y]. The number of fused-ring (bicyclic) bond motifs is 12. The van der Waals surface area contributed by atoms with Crippen LogP contribution in [-0.2, 0) is 239 Å². The molecule has 0 aromatic rings. The van der Waals surface area contributed by atoms with Gasteiger partial charge in [-0.15, -0.1) is 0 Å². The molecule has 0 unspecified atom stereocenters. The van der Waals surface area contributed by atoms with Crippen LogP contribution in [0.5, 0.6) is 0 Å². The average molecular weight is 1570 g/mol. The van der Waals surface area contributed by atoms with Crippen molar-refractivity contribution in [3.8, 4) is 0 Å². The summed E-state index contributed by atoms with van der Waals surface area (Å²) in [6, 6.07) is -0.425. The predicted molar refractivity (Wildman–Crippen MR) is 312 cm³/mol. The summed E-state index contributed by atoms with van der Waals surface area (Å²) in [5, 5.41) is 3.83. The van der Waals surface area contributed by atoms with Crippen LogP contribution in [0, 0.1) is 122 Å². The number of hydrogen-bond donors (Lipinski definition) is 1. The normalized spacial score (nSPS) is 46.3. The van der Waals surface area contributed by atoms with Gasteiger partial charge in [0.2, 0.25) is 0 Å². The van der Waals surface area contributed by atoms with E-state index in [0.717, 1.165) is 70.4 Å². The summed E-state index contributed by atoms with van der Waals surface area (Å²) in [6.45, 7) is 41.0. The first-order chi connectivity index (χ1) is 31.9. The smallest absolute Gasteiger partial charge is 0.112 e. The maximum Gasteiger partial charge on any atom is 0.112 e. The first-order valence-corrected chi connectivity index (χ1v) is 26.6. The molecule has 18 radical (unpaired) electrons. The molecule has 12 saturated heterocycles. The first-order valence-electron chi connectivity index (χ1n) is 25.6. The van der Waals surface area contributed by atoms with E-state index in [1.54, 1.807) is 0 Å². The van der Waals surface area contributed by atoms with E-state index in [1.165, 1.54) is 0 Å². The van der Waals surface area contributed by atoms with Crippen LogP contribution in [-0.4, -0.2) is 203 Å². The van der Waals surface area contributed by atoms with Crippen LogP contribution in [0.2, 0.25) is 0 Å². The molecule has 0 saturated carbocycles. The number of likely N-dealkylation sites (tertiary alicyclic amines) is 1. The molecule has 12 aliphatic heterocycles. The Hall–Kier alpha value is 6.92. The van der Waals surface area contributed by atoms with Gasteiger partial charge < -0.3 is 139 Å². The summed E-state index contributed by atoms with van der Waals surface area (Å²) in [5.41, 5.74) is -1.59. The molecular weight excluding hydrogens is 1470 g/mol. The van der Waals surface area contributed by atoms with Crippen molar-refractivity contribution in [3.63, 3.8) is 0 Å². The molecule has 12 heterocycles. The summed E-state index contributed by atoms with van der Waals surface area (Å²) in [5.74, 6) is 3.75. The zero-order valence-electron chi connectivity index (χ0n) is 51.8. The number of hydrogen-bond acceptors (Lipinski definition) is 12. The Morgan fingerprint density at radius 3 is 1.05 bits per heavy atom. The van der Waals surface area contributed by atoms with E-state index in [1.807, 2.05) is 11.8 Å². The number of rotatable bonds is 6. The van der Waals surface area contributed by atoms with Crippen LogP contribution in [0.3, 0.4) is 0 Å². The summed E-state index contributed by atoms with van der Waals surface area (Å²) in [6.07, 6.45) is 7.52. The molecule has 11 nitrogen and oxygen atoms in total.